The van der Waals surface area contributed by atoms with Gasteiger partial charge in [-0.05, 0) is 31.5 Å². The number of hydrogen-bond acceptors (Lipinski definition) is 2. The minimum Gasteiger partial charge on any atom is -0.479 e. The largest absolute Gasteiger partial charge is 0.479 e. The van der Waals surface area contributed by atoms with Gasteiger partial charge in [0.15, 0.2) is 5.60 Å². The van der Waals surface area contributed by atoms with Crippen LogP contribution in [-0.4, -0.2) is 21.8 Å². The fourth-order valence-electron chi connectivity index (χ4n) is 1.32. The summed E-state index contributed by atoms with van der Waals surface area (Å²) >= 11 is 0. The topological polar surface area (TPSA) is 57.5 Å². The Balaban J connectivity index is 3.11. The highest BCUT2D eigenvalue weighted by molar-refractivity contribution is 5.77. The Bertz CT molecular complexity index is 404. The van der Waals surface area contributed by atoms with Gasteiger partial charge >= 0.3 is 5.97 Å². The zero-order valence-corrected chi connectivity index (χ0v) is 8.92. The first-order chi connectivity index (χ1) is 7.24. The summed E-state index contributed by atoms with van der Waals surface area (Å²) in [6.07, 6.45) is -0.611. The zero-order valence-electron chi connectivity index (χ0n) is 8.92. The van der Waals surface area contributed by atoms with Gasteiger partial charge in [0.2, 0.25) is 0 Å². The molecular formula is C11H12F2O3. The van der Waals surface area contributed by atoms with E-state index in [1.807, 2.05) is 0 Å². The van der Waals surface area contributed by atoms with Gasteiger partial charge in [-0.2, -0.15) is 0 Å². The van der Waals surface area contributed by atoms with Crippen molar-refractivity contribution in [2.75, 3.05) is 0 Å². The molecule has 0 aromatic heterocycles. The monoisotopic (exact) mass is 230 g/mol. The molecule has 0 aliphatic heterocycles. The first-order valence-corrected chi connectivity index (χ1v) is 4.64. The maximum atomic E-state index is 13.4. The molecule has 88 valence electrons. The second-order valence-corrected chi connectivity index (χ2v) is 3.96. The summed E-state index contributed by atoms with van der Waals surface area (Å²) in [5.74, 6) is -3.22. The molecule has 0 aliphatic rings. The van der Waals surface area contributed by atoms with E-state index in [0.717, 1.165) is 19.1 Å². The number of benzene rings is 1. The van der Waals surface area contributed by atoms with Crippen LogP contribution in [0.15, 0.2) is 12.1 Å². The number of aliphatic hydroxyl groups is 1. The molecule has 0 amide bonds. The molecule has 0 heterocycles. The maximum Gasteiger partial charge on any atom is 0.335 e. The average molecular weight is 230 g/mol. The van der Waals surface area contributed by atoms with E-state index in [1.54, 1.807) is 0 Å². The summed E-state index contributed by atoms with van der Waals surface area (Å²) in [7, 11) is 0. The Labute approximate surface area is 91.3 Å². The van der Waals surface area contributed by atoms with E-state index in [2.05, 4.69) is 0 Å². The van der Waals surface area contributed by atoms with Crippen molar-refractivity contribution >= 4 is 5.97 Å². The molecule has 0 fully saturated rings. The van der Waals surface area contributed by atoms with Crippen molar-refractivity contribution in [2.24, 2.45) is 0 Å². The molecule has 1 aromatic carbocycles. The molecule has 0 saturated heterocycles. The molecule has 3 nitrogen and oxygen atoms in total. The molecule has 5 heteroatoms. The van der Waals surface area contributed by atoms with Crippen LogP contribution in [0.25, 0.3) is 0 Å². The highest BCUT2D eigenvalue weighted by Crippen LogP contribution is 2.21. The number of halogens is 2. The third-order valence-electron chi connectivity index (χ3n) is 2.27. The van der Waals surface area contributed by atoms with Gasteiger partial charge in [-0.25, -0.2) is 13.6 Å². The van der Waals surface area contributed by atoms with Crippen LogP contribution in [-0.2, 0) is 11.2 Å². The zero-order chi connectivity index (χ0) is 12.5. The van der Waals surface area contributed by atoms with Gasteiger partial charge < -0.3 is 10.2 Å². The molecular weight excluding hydrogens is 218 g/mol. The molecule has 0 aliphatic carbocycles. The van der Waals surface area contributed by atoms with E-state index in [4.69, 9.17) is 5.11 Å². The van der Waals surface area contributed by atoms with Gasteiger partial charge in [0.1, 0.15) is 11.6 Å². The van der Waals surface area contributed by atoms with Crippen LogP contribution < -0.4 is 0 Å². The highest BCUT2D eigenvalue weighted by Gasteiger charge is 2.32. The van der Waals surface area contributed by atoms with Crippen molar-refractivity contribution in [2.45, 2.75) is 25.9 Å². The number of aryl methyl sites for hydroxylation is 1. The Hall–Kier alpha value is -1.49. The van der Waals surface area contributed by atoms with Crippen LogP contribution in [0.2, 0.25) is 0 Å². The predicted octanol–water partition coefficient (Wildman–Crippen LogP) is 1.65. The average Bonchev–Trinajstić information content (AvgIpc) is 2.11. The lowest BCUT2D eigenvalue weighted by Crippen LogP contribution is -2.37. The van der Waals surface area contributed by atoms with Crippen molar-refractivity contribution < 1.29 is 23.8 Å². The summed E-state index contributed by atoms with van der Waals surface area (Å²) in [5, 5.41) is 18.1. The minimum absolute atomic E-state index is 0.397. The van der Waals surface area contributed by atoms with Gasteiger partial charge in [0.05, 0.1) is 0 Å². The van der Waals surface area contributed by atoms with E-state index < -0.39 is 35.2 Å². The van der Waals surface area contributed by atoms with Gasteiger partial charge in [0, 0.05) is 12.0 Å². The third kappa shape index (κ3) is 2.55. The lowest BCUT2D eigenvalue weighted by molar-refractivity contribution is -0.156. The predicted molar refractivity (Wildman–Crippen MR) is 53.1 cm³/mol. The van der Waals surface area contributed by atoms with Crippen LogP contribution in [0, 0.1) is 18.6 Å². The van der Waals surface area contributed by atoms with Crippen molar-refractivity contribution in [3.63, 3.8) is 0 Å². The highest BCUT2D eigenvalue weighted by atomic mass is 19.1. The molecule has 0 radical (unpaired) electrons. The Morgan fingerprint density at radius 2 is 1.81 bits per heavy atom. The molecule has 1 unspecified atom stereocenters. The van der Waals surface area contributed by atoms with E-state index in [1.165, 1.54) is 6.92 Å². The summed E-state index contributed by atoms with van der Waals surface area (Å²) in [4.78, 5) is 10.6. The Morgan fingerprint density at radius 3 is 2.19 bits per heavy atom. The summed E-state index contributed by atoms with van der Waals surface area (Å²) in [5.41, 5.74) is -2.21. The Morgan fingerprint density at radius 1 is 1.38 bits per heavy atom. The number of aliphatic carboxylic acids is 1. The summed E-state index contributed by atoms with van der Waals surface area (Å²) in [6, 6.07) is 2.19. The fraction of sp³-hybridized carbons (Fsp3) is 0.364. The number of carboxylic acid groups (broad SMARTS) is 1. The van der Waals surface area contributed by atoms with E-state index in [9.17, 15) is 18.7 Å². The molecule has 2 N–H and O–H groups in total. The molecule has 0 spiro atoms. The molecule has 16 heavy (non-hydrogen) atoms. The van der Waals surface area contributed by atoms with Gasteiger partial charge in [-0.1, -0.05) is 0 Å². The molecule has 1 rings (SSSR count). The van der Waals surface area contributed by atoms with E-state index in [-0.39, 0.29) is 0 Å². The van der Waals surface area contributed by atoms with Crippen LogP contribution >= 0.6 is 0 Å². The smallest absolute Gasteiger partial charge is 0.335 e. The molecule has 0 saturated carbocycles. The first-order valence-electron chi connectivity index (χ1n) is 4.64. The van der Waals surface area contributed by atoms with Crippen molar-refractivity contribution in [3.05, 3.63) is 34.9 Å². The lowest BCUT2D eigenvalue weighted by atomic mass is 9.95. The normalized spacial score (nSPS) is 14.6. The number of carbonyl (C=O) groups is 1. The number of carboxylic acids is 1. The summed E-state index contributed by atoms with van der Waals surface area (Å²) < 4.78 is 26.7. The van der Waals surface area contributed by atoms with E-state index in [0.29, 0.717) is 5.56 Å². The van der Waals surface area contributed by atoms with Crippen LogP contribution in [0.5, 0.6) is 0 Å². The second-order valence-electron chi connectivity index (χ2n) is 3.96. The second kappa shape index (κ2) is 4.17. The van der Waals surface area contributed by atoms with Gasteiger partial charge in [-0.3, -0.25) is 0 Å². The summed E-state index contributed by atoms with van der Waals surface area (Å²) in [6.45, 7) is 2.51. The Kier molecular flexibility index (Phi) is 3.28. The van der Waals surface area contributed by atoms with Crippen molar-refractivity contribution in [1.82, 2.24) is 0 Å². The number of hydrogen-bond donors (Lipinski definition) is 2. The maximum absolute atomic E-state index is 13.4. The van der Waals surface area contributed by atoms with Crippen molar-refractivity contribution in [1.29, 1.82) is 0 Å². The minimum atomic E-state index is -2.18. The van der Waals surface area contributed by atoms with Crippen LogP contribution in [0.4, 0.5) is 8.78 Å². The van der Waals surface area contributed by atoms with Gasteiger partial charge in [0.25, 0.3) is 0 Å². The number of rotatable bonds is 3. The SMILES string of the molecule is Cc1cc(F)c(CC(C)(O)C(=O)O)c(F)c1. The molecule has 1 aromatic rings. The standard InChI is InChI=1S/C11H12F2O3/c1-6-3-8(12)7(9(13)4-6)5-11(2,16)10(14)15/h3-4,16H,5H2,1-2H3,(H,14,15). The quantitative estimate of drug-likeness (QED) is 0.830. The third-order valence-corrected chi connectivity index (χ3v) is 2.27. The van der Waals surface area contributed by atoms with Crippen LogP contribution in [0.3, 0.4) is 0 Å². The van der Waals surface area contributed by atoms with Crippen LogP contribution in [0.1, 0.15) is 18.1 Å². The molecule has 1 atom stereocenters. The lowest BCUT2D eigenvalue weighted by Gasteiger charge is -2.18. The van der Waals surface area contributed by atoms with E-state index >= 15 is 0 Å². The van der Waals surface area contributed by atoms with Crippen molar-refractivity contribution in [3.8, 4) is 0 Å². The fourth-order valence-corrected chi connectivity index (χ4v) is 1.32. The molecule has 0 bridgehead atoms. The van der Waals surface area contributed by atoms with Gasteiger partial charge in [-0.15, -0.1) is 0 Å². The first kappa shape index (κ1) is 12.6.